The van der Waals surface area contributed by atoms with Crippen LogP contribution in [0.25, 0.3) is 0 Å². The molecule has 30 heavy (non-hydrogen) atoms. The van der Waals surface area contributed by atoms with E-state index in [4.69, 9.17) is 21.6 Å². The maximum atomic E-state index is 12.3. The van der Waals surface area contributed by atoms with Crippen LogP contribution in [0.5, 0.6) is 11.6 Å². The highest BCUT2D eigenvalue weighted by atomic mass is 35.5. The molecule has 3 rings (SSSR count). The van der Waals surface area contributed by atoms with Gasteiger partial charge in [-0.05, 0) is 61.7 Å². The Balaban J connectivity index is 1.60. The first kappa shape index (κ1) is 21.1. The lowest BCUT2D eigenvalue weighted by atomic mass is 9.99. The van der Waals surface area contributed by atoms with Crippen LogP contribution >= 0.6 is 11.6 Å². The van der Waals surface area contributed by atoms with Gasteiger partial charge < -0.3 is 15.0 Å². The zero-order valence-electron chi connectivity index (χ0n) is 16.5. The average Bonchev–Trinajstić information content (AvgIpc) is 2.71. The summed E-state index contributed by atoms with van der Waals surface area (Å²) < 4.78 is 5.62. The number of aromatic nitrogens is 2. The monoisotopic (exact) mass is 422 g/mol. The Morgan fingerprint density at radius 3 is 2.60 bits per heavy atom. The van der Waals surface area contributed by atoms with Crippen molar-refractivity contribution in [3.8, 4) is 17.7 Å². The first-order valence-electron chi connectivity index (χ1n) is 9.19. The maximum Gasteiger partial charge on any atom is 0.266 e. The predicted molar refractivity (Wildman–Crippen MR) is 114 cm³/mol. The van der Waals surface area contributed by atoms with Crippen molar-refractivity contribution in [3.63, 3.8) is 0 Å². The fourth-order valence-corrected chi connectivity index (χ4v) is 3.15. The molecule has 7 nitrogen and oxygen atoms in total. The minimum absolute atomic E-state index is 0.0801. The van der Waals surface area contributed by atoms with Gasteiger partial charge >= 0.3 is 0 Å². The Morgan fingerprint density at radius 1 is 1.23 bits per heavy atom. The summed E-state index contributed by atoms with van der Waals surface area (Å²) in [6.07, 6.45) is 2.11. The first-order chi connectivity index (χ1) is 14.4. The van der Waals surface area contributed by atoms with Gasteiger partial charge in [0.15, 0.2) is 0 Å². The number of ether oxygens (including phenoxy) is 1. The number of aromatic amines is 1. The van der Waals surface area contributed by atoms with Gasteiger partial charge in [-0.1, -0.05) is 11.6 Å². The number of halogens is 1. The van der Waals surface area contributed by atoms with E-state index in [9.17, 15) is 9.59 Å². The molecule has 0 unspecified atom stereocenters. The first-order valence-corrected chi connectivity index (χ1v) is 9.57. The van der Waals surface area contributed by atoms with Crippen LogP contribution in [0.15, 0.2) is 47.4 Å². The van der Waals surface area contributed by atoms with Crippen LogP contribution in [0.2, 0.25) is 5.02 Å². The van der Waals surface area contributed by atoms with Gasteiger partial charge in [-0.3, -0.25) is 9.59 Å². The van der Waals surface area contributed by atoms with Crippen molar-refractivity contribution in [2.75, 3.05) is 5.32 Å². The van der Waals surface area contributed by atoms with E-state index >= 15 is 0 Å². The summed E-state index contributed by atoms with van der Waals surface area (Å²) in [6.45, 7) is 3.48. The lowest BCUT2D eigenvalue weighted by Crippen LogP contribution is -2.18. The highest BCUT2D eigenvalue weighted by Gasteiger charge is 2.13. The molecular formula is C22H19ClN4O3. The van der Waals surface area contributed by atoms with Gasteiger partial charge in [-0.15, -0.1) is 0 Å². The highest BCUT2D eigenvalue weighted by molar-refractivity contribution is 6.30. The van der Waals surface area contributed by atoms with Crippen molar-refractivity contribution >= 4 is 23.2 Å². The molecule has 0 aliphatic carbocycles. The van der Waals surface area contributed by atoms with Gasteiger partial charge in [0, 0.05) is 23.2 Å². The third-order valence-electron chi connectivity index (χ3n) is 4.58. The summed E-state index contributed by atoms with van der Waals surface area (Å²) in [4.78, 5) is 31.0. The summed E-state index contributed by atoms with van der Waals surface area (Å²) >= 11 is 5.85. The third kappa shape index (κ3) is 5.04. The lowest BCUT2D eigenvalue weighted by Gasteiger charge is -2.11. The third-order valence-corrected chi connectivity index (χ3v) is 4.83. The van der Waals surface area contributed by atoms with Crippen LogP contribution < -0.4 is 15.6 Å². The number of H-pyrrole nitrogens is 1. The maximum absolute atomic E-state index is 12.3. The number of hydrogen-bond acceptors (Lipinski definition) is 5. The second-order valence-corrected chi connectivity index (χ2v) is 7.10. The number of anilines is 1. The second kappa shape index (κ2) is 9.25. The Kier molecular flexibility index (Phi) is 6.50. The second-order valence-electron chi connectivity index (χ2n) is 6.66. The zero-order valence-corrected chi connectivity index (χ0v) is 17.2. The van der Waals surface area contributed by atoms with Crippen molar-refractivity contribution in [2.24, 2.45) is 0 Å². The number of pyridine rings is 2. The van der Waals surface area contributed by atoms with Crippen LogP contribution in [-0.4, -0.2) is 15.9 Å². The fourth-order valence-electron chi connectivity index (χ4n) is 3.02. The summed E-state index contributed by atoms with van der Waals surface area (Å²) in [5.41, 5.74) is 2.28. The average molecular weight is 423 g/mol. The summed E-state index contributed by atoms with van der Waals surface area (Å²) in [5.74, 6) is 0.789. The Bertz CT molecular complexity index is 1160. The van der Waals surface area contributed by atoms with Gasteiger partial charge in [0.25, 0.3) is 5.56 Å². The molecule has 0 atom stereocenters. The highest BCUT2D eigenvalue weighted by Crippen LogP contribution is 2.22. The van der Waals surface area contributed by atoms with E-state index < -0.39 is 5.56 Å². The number of nitriles is 1. The Hall–Kier alpha value is -3.63. The van der Waals surface area contributed by atoms with Gasteiger partial charge in [0.2, 0.25) is 11.8 Å². The molecule has 0 saturated carbocycles. The summed E-state index contributed by atoms with van der Waals surface area (Å²) in [5, 5.41) is 12.5. The number of benzene rings is 1. The number of amides is 1. The van der Waals surface area contributed by atoms with E-state index in [-0.39, 0.29) is 17.9 Å². The normalized spacial score (nSPS) is 10.3. The number of aryl methyl sites for hydroxylation is 1. The molecule has 2 N–H and O–H groups in total. The van der Waals surface area contributed by atoms with Crippen molar-refractivity contribution in [1.29, 1.82) is 5.26 Å². The SMILES string of the molecule is Cc1[nH]c(=O)c(C#N)c(C)c1CCC(=O)Nc1ccc(Oc2ccc(Cl)cc2)nc1. The molecule has 3 aromatic rings. The van der Waals surface area contributed by atoms with Crippen LogP contribution in [0.4, 0.5) is 5.69 Å². The fraction of sp³-hybridized carbons (Fsp3) is 0.182. The van der Waals surface area contributed by atoms with E-state index in [1.807, 2.05) is 6.07 Å². The topological polar surface area (TPSA) is 108 Å². The van der Waals surface area contributed by atoms with E-state index in [1.165, 1.54) is 6.20 Å². The van der Waals surface area contributed by atoms with Gasteiger partial charge in [0.1, 0.15) is 17.4 Å². The molecular weight excluding hydrogens is 404 g/mol. The molecule has 0 aliphatic rings. The quantitative estimate of drug-likeness (QED) is 0.616. The molecule has 0 aliphatic heterocycles. The number of carbonyl (C=O) groups is 1. The number of nitrogens with zero attached hydrogens (tertiary/aromatic N) is 2. The van der Waals surface area contributed by atoms with Crippen molar-refractivity contribution in [2.45, 2.75) is 26.7 Å². The number of nitrogens with one attached hydrogen (secondary N) is 2. The van der Waals surface area contributed by atoms with Gasteiger partial charge in [-0.25, -0.2) is 4.98 Å². The van der Waals surface area contributed by atoms with Crippen molar-refractivity contribution in [3.05, 3.63) is 80.4 Å². The van der Waals surface area contributed by atoms with Gasteiger partial charge in [0.05, 0.1) is 11.9 Å². The minimum atomic E-state index is -0.410. The smallest absolute Gasteiger partial charge is 0.266 e. The molecule has 0 saturated heterocycles. The van der Waals surface area contributed by atoms with Crippen LogP contribution in [0, 0.1) is 25.2 Å². The van der Waals surface area contributed by atoms with E-state index in [0.717, 1.165) is 5.56 Å². The zero-order chi connectivity index (χ0) is 21.7. The number of carbonyl (C=O) groups excluding carboxylic acids is 1. The molecule has 0 fully saturated rings. The lowest BCUT2D eigenvalue weighted by molar-refractivity contribution is -0.116. The van der Waals surface area contributed by atoms with Crippen LogP contribution in [0.3, 0.4) is 0 Å². The molecule has 1 aromatic carbocycles. The summed E-state index contributed by atoms with van der Waals surface area (Å²) in [6, 6.07) is 12.2. The minimum Gasteiger partial charge on any atom is -0.439 e. The molecule has 152 valence electrons. The largest absolute Gasteiger partial charge is 0.439 e. The standard InChI is InChI=1S/C22H19ClN4O3/c1-13-18(14(2)26-22(29)19(13)11-24)8-9-20(28)27-16-5-10-21(25-12-16)30-17-6-3-15(23)4-7-17/h3-7,10,12H,8-9H2,1-2H3,(H,26,29)(H,27,28). The molecule has 2 aromatic heterocycles. The van der Waals surface area contributed by atoms with Crippen molar-refractivity contribution in [1.82, 2.24) is 9.97 Å². The molecule has 2 heterocycles. The van der Waals surface area contributed by atoms with E-state index in [0.29, 0.717) is 40.0 Å². The summed E-state index contributed by atoms with van der Waals surface area (Å²) in [7, 11) is 0. The van der Waals surface area contributed by atoms with Crippen molar-refractivity contribution < 1.29 is 9.53 Å². The number of hydrogen-bond donors (Lipinski definition) is 2. The van der Waals surface area contributed by atoms with Gasteiger partial charge in [-0.2, -0.15) is 5.26 Å². The number of rotatable bonds is 6. The van der Waals surface area contributed by atoms with E-state index in [1.54, 1.807) is 50.2 Å². The van der Waals surface area contributed by atoms with E-state index in [2.05, 4.69) is 15.3 Å². The molecule has 1 amide bonds. The molecule has 8 heteroatoms. The van der Waals surface area contributed by atoms with Crippen LogP contribution in [0.1, 0.15) is 28.8 Å². The predicted octanol–water partition coefficient (Wildman–Crippen LogP) is 4.28. The Labute approximate surface area is 178 Å². The van der Waals surface area contributed by atoms with Crippen LogP contribution in [-0.2, 0) is 11.2 Å². The molecule has 0 spiro atoms. The Morgan fingerprint density at radius 2 is 1.97 bits per heavy atom. The molecule has 0 radical (unpaired) electrons. The molecule has 0 bridgehead atoms.